The van der Waals surface area contributed by atoms with E-state index in [9.17, 15) is 4.79 Å². The van der Waals surface area contributed by atoms with Crippen molar-refractivity contribution in [3.05, 3.63) is 36.0 Å². The third-order valence-corrected chi connectivity index (χ3v) is 5.55. The van der Waals surface area contributed by atoms with Crippen molar-refractivity contribution in [3.8, 4) is 5.75 Å². The van der Waals surface area contributed by atoms with Gasteiger partial charge in [0.25, 0.3) is 0 Å². The van der Waals surface area contributed by atoms with Crippen LogP contribution in [0.1, 0.15) is 25.3 Å². The number of hydrogen-bond donors (Lipinski definition) is 3. The second-order valence-corrected chi connectivity index (χ2v) is 7.77. The number of piperidine rings is 1. The number of benzene rings is 1. The van der Waals surface area contributed by atoms with Crippen LogP contribution in [0.3, 0.4) is 0 Å². The van der Waals surface area contributed by atoms with Gasteiger partial charge in [0.2, 0.25) is 0 Å². The van der Waals surface area contributed by atoms with E-state index in [-0.39, 0.29) is 0 Å². The van der Waals surface area contributed by atoms with Crippen LogP contribution in [0.15, 0.2) is 30.5 Å². The van der Waals surface area contributed by atoms with Gasteiger partial charge in [-0.2, -0.15) is 5.10 Å². The van der Waals surface area contributed by atoms with Gasteiger partial charge in [0.1, 0.15) is 11.6 Å². The molecule has 3 aromatic rings. The Bertz CT molecular complexity index is 1060. The van der Waals surface area contributed by atoms with E-state index >= 15 is 0 Å². The van der Waals surface area contributed by atoms with Crippen LogP contribution in [0, 0.1) is 0 Å². The van der Waals surface area contributed by atoms with E-state index in [1.807, 2.05) is 31.2 Å². The zero-order chi connectivity index (χ0) is 21.3. The first-order chi connectivity index (χ1) is 14.4. The molecule has 4 rings (SSSR count). The van der Waals surface area contributed by atoms with Crippen molar-refractivity contribution in [3.63, 3.8) is 0 Å². The summed E-state index contributed by atoms with van der Waals surface area (Å²) >= 11 is 0. The number of amides is 1. The Hall–Kier alpha value is -3.56. The molecule has 0 spiro atoms. The Morgan fingerprint density at radius 1 is 1.30 bits per heavy atom. The van der Waals surface area contributed by atoms with Gasteiger partial charge < -0.3 is 25.8 Å². The summed E-state index contributed by atoms with van der Waals surface area (Å²) in [6.07, 6.45) is 2.08. The molecule has 3 heterocycles. The number of rotatable bonds is 5. The summed E-state index contributed by atoms with van der Waals surface area (Å²) in [5.74, 6) is 1.87. The zero-order valence-corrected chi connectivity index (χ0v) is 17.0. The van der Waals surface area contributed by atoms with E-state index < -0.39 is 11.6 Å². The molecule has 1 saturated heterocycles. The molecule has 0 aliphatic carbocycles. The van der Waals surface area contributed by atoms with E-state index in [1.54, 1.807) is 18.0 Å². The molecular weight excluding hydrogens is 386 g/mol. The highest BCUT2D eigenvalue weighted by Crippen LogP contribution is 2.27. The molecule has 10 heteroatoms. The van der Waals surface area contributed by atoms with Gasteiger partial charge in [-0.05, 0) is 37.5 Å². The van der Waals surface area contributed by atoms with Crippen LogP contribution in [0.4, 0.5) is 16.4 Å². The van der Waals surface area contributed by atoms with Crippen molar-refractivity contribution >= 4 is 28.9 Å². The lowest BCUT2D eigenvalue weighted by Crippen LogP contribution is -2.53. The Morgan fingerprint density at radius 2 is 2.00 bits per heavy atom. The number of hydrogen-bond acceptors (Lipinski definition) is 7. The average Bonchev–Trinajstić information content (AvgIpc) is 3.03. The lowest BCUT2D eigenvalue weighted by atomic mass is 9.90. The molecule has 10 nitrogen and oxygen atoms in total. The fourth-order valence-corrected chi connectivity index (χ4v) is 3.73. The van der Waals surface area contributed by atoms with Crippen molar-refractivity contribution in [1.82, 2.24) is 25.1 Å². The maximum atomic E-state index is 11.0. The van der Waals surface area contributed by atoms with Crippen LogP contribution in [-0.2, 0) is 6.54 Å². The minimum atomic E-state index is -0.995. The monoisotopic (exact) mass is 411 g/mol. The summed E-state index contributed by atoms with van der Waals surface area (Å²) in [4.78, 5) is 22.4. The highest BCUT2D eigenvalue weighted by molar-refractivity contribution is 5.83. The number of aromatic nitrogens is 4. The van der Waals surface area contributed by atoms with Crippen LogP contribution in [0.25, 0.3) is 11.2 Å². The van der Waals surface area contributed by atoms with E-state index in [2.05, 4.69) is 20.3 Å². The number of nitrogen functional groups attached to an aromatic ring is 1. The quantitative estimate of drug-likeness (QED) is 0.582. The minimum absolute atomic E-state index is 0.342. The molecular formula is C20H25N7O3. The molecule has 1 fully saturated rings. The minimum Gasteiger partial charge on any atom is -0.497 e. The van der Waals surface area contributed by atoms with Gasteiger partial charge in [0, 0.05) is 18.6 Å². The Balaban J connectivity index is 1.56. The first kappa shape index (κ1) is 19.7. The third-order valence-electron chi connectivity index (χ3n) is 5.55. The first-order valence-electron chi connectivity index (χ1n) is 9.75. The fraction of sp³-hybridized carbons (Fsp3) is 0.400. The van der Waals surface area contributed by atoms with Gasteiger partial charge in [-0.1, -0.05) is 12.1 Å². The fourth-order valence-electron chi connectivity index (χ4n) is 3.73. The maximum Gasteiger partial charge on any atom is 0.405 e. The predicted octanol–water partition coefficient (Wildman–Crippen LogP) is 2.09. The number of nitrogens with one attached hydrogen (secondary N) is 1. The van der Waals surface area contributed by atoms with Crippen LogP contribution < -0.4 is 20.7 Å². The van der Waals surface area contributed by atoms with Crippen molar-refractivity contribution in [2.45, 2.75) is 31.8 Å². The molecule has 0 radical (unpaired) electrons. The smallest absolute Gasteiger partial charge is 0.405 e. The highest BCUT2D eigenvalue weighted by Gasteiger charge is 2.32. The van der Waals surface area contributed by atoms with Gasteiger partial charge in [-0.3, -0.25) is 0 Å². The number of carboxylic acid groups (broad SMARTS) is 1. The number of carbonyl (C=O) groups is 1. The van der Waals surface area contributed by atoms with Crippen LogP contribution in [0.2, 0.25) is 0 Å². The molecule has 30 heavy (non-hydrogen) atoms. The molecule has 2 aromatic heterocycles. The first-order valence-corrected chi connectivity index (χ1v) is 9.75. The average molecular weight is 411 g/mol. The Kier molecular flexibility index (Phi) is 5.06. The number of methoxy groups -OCH3 is 1. The van der Waals surface area contributed by atoms with E-state index in [4.69, 9.17) is 20.6 Å². The zero-order valence-electron chi connectivity index (χ0n) is 17.0. The molecule has 158 valence electrons. The maximum absolute atomic E-state index is 11.0. The standard InChI is InChI=1S/C20H25N7O3/c1-20(24-19(28)29)7-9-26(10-8-20)15-11-22-16-17(21)25-27(18(16)23-15)12-13-3-5-14(30-2)6-4-13/h3-6,11,24H,7-10,12H2,1-2H3,(H2,21,25)(H,28,29). The summed E-state index contributed by atoms with van der Waals surface area (Å²) in [7, 11) is 1.63. The molecule has 0 bridgehead atoms. The molecule has 0 saturated carbocycles. The lowest BCUT2D eigenvalue weighted by Gasteiger charge is -2.39. The number of nitrogens with two attached hydrogens (primary N) is 1. The number of ether oxygens (including phenoxy) is 1. The van der Waals surface area contributed by atoms with Crippen molar-refractivity contribution in [1.29, 1.82) is 0 Å². The van der Waals surface area contributed by atoms with Crippen LogP contribution in [-0.4, -0.2) is 56.7 Å². The highest BCUT2D eigenvalue weighted by atomic mass is 16.5. The molecule has 1 aliphatic heterocycles. The molecule has 1 aliphatic rings. The van der Waals surface area contributed by atoms with Crippen molar-refractivity contribution in [2.75, 3.05) is 30.8 Å². The van der Waals surface area contributed by atoms with Gasteiger partial charge in [0.15, 0.2) is 17.0 Å². The summed E-state index contributed by atoms with van der Waals surface area (Å²) in [6.45, 7) is 3.80. The van der Waals surface area contributed by atoms with Gasteiger partial charge in [0.05, 0.1) is 19.9 Å². The molecule has 1 amide bonds. The van der Waals surface area contributed by atoms with Gasteiger partial charge in [-0.15, -0.1) is 0 Å². The van der Waals surface area contributed by atoms with Crippen LogP contribution in [0.5, 0.6) is 5.75 Å². The number of fused-ring (bicyclic) bond motifs is 1. The van der Waals surface area contributed by atoms with Gasteiger partial charge in [-0.25, -0.2) is 19.4 Å². The van der Waals surface area contributed by atoms with E-state index in [1.165, 1.54) is 0 Å². The number of nitrogens with zero attached hydrogens (tertiary/aromatic N) is 5. The third kappa shape index (κ3) is 3.93. The number of anilines is 2. The second kappa shape index (κ2) is 7.69. The molecule has 0 atom stereocenters. The topological polar surface area (TPSA) is 131 Å². The SMILES string of the molecule is COc1ccc(Cn2nc(N)c3ncc(N4CCC(C)(NC(=O)O)CC4)nc32)cc1. The lowest BCUT2D eigenvalue weighted by molar-refractivity contribution is 0.173. The molecule has 0 unspecified atom stereocenters. The largest absolute Gasteiger partial charge is 0.497 e. The predicted molar refractivity (Wildman–Crippen MR) is 113 cm³/mol. The van der Waals surface area contributed by atoms with Crippen molar-refractivity contribution < 1.29 is 14.6 Å². The Morgan fingerprint density at radius 3 is 2.63 bits per heavy atom. The van der Waals surface area contributed by atoms with E-state index in [0.29, 0.717) is 49.5 Å². The summed E-state index contributed by atoms with van der Waals surface area (Å²) in [5, 5.41) is 16.1. The normalized spacial score (nSPS) is 15.9. The summed E-state index contributed by atoms with van der Waals surface area (Å²) in [5.41, 5.74) is 7.86. The second-order valence-electron chi connectivity index (χ2n) is 7.77. The molecule has 1 aromatic carbocycles. The van der Waals surface area contributed by atoms with Crippen LogP contribution >= 0.6 is 0 Å². The summed E-state index contributed by atoms with van der Waals surface area (Å²) < 4.78 is 6.96. The van der Waals surface area contributed by atoms with Crippen molar-refractivity contribution in [2.24, 2.45) is 0 Å². The summed E-state index contributed by atoms with van der Waals surface area (Å²) in [6, 6.07) is 7.75. The van der Waals surface area contributed by atoms with E-state index in [0.717, 1.165) is 17.1 Å². The molecule has 4 N–H and O–H groups in total. The van der Waals surface area contributed by atoms with Gasteiger partial charge >= 0.3 is 6.09 Å². The Labute approximate surface area is 173 Å².